The van der Waals surface area contributed by atoms with Crippen LogP contribution in [0.2, 0.25) is 0 Å². The van der Waals surface area contributed by atoms with Crippen LogP contribution < -0.4 is 0 Å². The highest BCUT2D eigenvalue weighted by Gasteiger charge is 2.25. The molecule has 0 N–H and O–H groups in total. The third-order valence-corrected chi connectivity index (χ3v) is 38.3. The van der Waals surface area contributed by atoms with Crippen LogP contribution in [0.15, 0.2) is 510 Å². The molecule has 0 saturated heterocycles. The van der Waals surface area contributed by atoms with E-state index in [1.54, 1.807) is 0 Å². The summed E-state index contributed by atoms with van der Waals surface area (Å²) in [5, 5.41) is 39.4. The van der Waals surface area contributed by atoms with Crippen LogP contribution in [-0.2, 0) is 0 Å². The Hall–Kier alpha value is -17.4. The van der Waals surface area contributed by atoms with Crippen molar-refractivity contribution >= 4 is 286 Å². The van der Waals surface area contributed by atoms with Gasteiger partial charge >= 0.3 is 0 Å². The molecule has 0 atom stereocenters. The maximum atomic E-state index is 2.42. The van der Waals surface area contributed by atoms with Crippen molar-refractivity contribution in [3.05, 3.63) is 510 Å². The maximum absolute atomic E-state index is 2.42. The highest BCUT2D eigenvalue weighted by Crippen LogP contribution is 2.54. The van der Waals surface area contributed by atoms with E-state index in [9.17, 15) is 0 Å². The lowest BCUT2D eigenvalue weighted by molar-refractivity contribution is 1.63. The molecule has 0 aliphatic rings. The fourth-order valence-electron chi connectivity index (χ4n) is 24.4. The molecule has 0 bridgehead atoms. The average Bonchev–Trinajstić information content (AvgIpc) is 0.932. The first kappa shape index (κ1) is 86.9. The third kappa shape index (κ3) is 14.2. The predicted molar refractivity (Wildman–Crippen MR) is 663 cm³/mol. The zero-order chi connectivity index (χ0) is 98.3. The molecule has 696 valence electrons. The Kier molecular flexibility index (Phi) is 20.4. The van der Waals surface area contributed by atoms with Gasteiger partial charge in [0, 0.05) is 112 Å². The van der Waals surface area contributed by atoms with Crippen LogP contribution in [0.1, 0.15) is 0 Å². The number of rotatable bonds is 9. The first-order valence-corrected chi connectivity index (χ1v) is 56.1. The summed E-state index contributed by atoms with van der Waals surface area (Å²) < 4.78 is 16.4. The molecule has 6 heteroatoms. The number of hydrogen-bond acceptors (Lipinski definition) is 6. The molecule has 0 spiro atoms. The van der Waals surface area contributed by atoms with Crippen LogP contribution >= 0.6 is 68.0 Å². The second kappa shape index (κ2) is 35.2. The molecular weight excluding hydrogens is 1920 g/mol. The van der Waals surface area contributed by atoms with Gasteiger partial charge in [0.05, 0.1) is 9.40 Å². The second-order valence-corrected chi connectivity index (χ2v) is 46.1. The van der Waals surface area contributed by atoms with Gasteiger partial charge in [-0.3, -0.25) is 0 Å². The minimum Gasteiger partial charge on any atom is -0.135 e. The van der Waals surface area contributed by atoms with E-state index in [0.717, 1.165) is 0 Å². The number of hydrogen-bond donors (Lipinski definition) is 0. The normalized spacial score (nSPS) is 12.0. The first-order chi connectivity index (χ1) is 74.3. The van der Waals surface area contributed by atoms with Crippen molar-refractivity contribution < 1.29 is 0 Å². The van der Waals surface area contributed by atoms with E-state index in [0.29, 0.717) is 0 Å². The van der Waals surface area contributed by atoms with Crippen LogP contribution in [0, 0.1) is 0 Å². The van der Waals surface area contributed by atoms with Gasteiger partial charge in [-0.25, -0.2) is 0 Å². The summed E-state index contributed by atoms with van der Waals surface area (Å²) in [6, 6.07) is 189. The largest absolute Gasteiger partial charge is 0.135 e. The highest BCUT2D eigenvalue weighted by atomic mass is 32.1. The average molecular weight is 2010 g/mol. The first-order valence-electron chi connectivity index (χ1n) is 51.2. The van der Waals surface area contributed by atoms with Crippen LogP contribution in [-0.4, -0.2) is 0 Å². The summed E-state index contributed by atoms with van der Waals surface area (Å²) in [5.74, 6) is 0. The van der Waals surface area contributed by atoms with Gasteiger partial charge in [-0.05, 0) is 306 Å². The van der Waals surface area contributed by atoms with Crippen LogP contribution in [0.25, 0.3) is 318 Å². The molecule has 0 nitrogen and oxygen atoms in total. The Morgan fingerprint density at radius 3 is 0.713 bits per heavy atom. The predicted octanol–water partition coefficient (Wildman–Crippen LogP) is 44.6. The topological polar surface area (TPSA) is 0 Å². The Labute approximate surface area is 887 Å². The van der Waals surface area contributed by atoms with E-state index in [-0.39, 0.29) is 0 Å². The summed E-state index contributed by atoms with van der Waals surface area (Å²) in [6.45, 7) is 0. The molecule has 0 unspecified atom stereocenters. The Morgan fingerprint density at radius 1 is 0.0933 bits per heavy atom. The lowest BCUT2D eigenvalue weighted by Crippen LogP contribution is -1.91. The van der Waals surface area contributed by atoms with Crippen LogP contribution in [0.3, 0.4) is 0 Å². The molecule has 0 amide bonds. The summed E-state index contributed by atoms with van der Waals surface area (Å²) in [6.07, 6.45) is 0. The van der Waals surface area contributed by atoms with Gasteiger partial charge in [0.1, 0.15) is 0 Å². The van der Waals surface area contributed by atoms with Crippen molar-refractivity contribution in [2.75, 3.05) is 0 Å². The van der Waals surface area contributed by atoms with Crippen LogP contribution in [0.4, 0.5) is 0 Å². The van der Waals surface area contributed by atoms with Gasteiger partial charge in [-0.1, -0.05) is 400 Å². The van der Waals surface area contributed by atoms with E-state index in [2.05, 4.69) is 510 Å². The molecule has 0 radical (unpaired) electrons. The van der Waals surface area contributed by atoms with Gasteiger partial charge in [0.15, 0.2) is 0 Å². The molecule has 0 saturated carbocycles. The molecule has 6 aromatic heterocycles. The Morgan fingerprint density at radius 2 is 0.327 bits per heavy atom. The molecule has 27 aromatic carbocycles. The van der Waals surface area contributed by atoms with Crippen molar-refractivity contribution in [1.82, 2.24) is 0 Å². The van der Waals surface area contributed by atoms with E-state index in [1.807, 2.05) is 68.0 Å². The quantitative estimate of drug-likeness (QED) is 0.126. The minimum absolute atomic E-state index is 1.23. The fraction of sp³-hybridized carbons (Fsp3) is 0. The van der Waals surface area contributed by atoms with E-state index < -0.39 is 0 Å². The van der Waals surface area contributed by atoms with Gasteiger partial charge in [0.25, 0.3) is 0 Å². The Bertz CT molecular complexity index is 11300. The number of thiophene rings is 6. The van der Waals surface area contributed by atoms with Gasteiger partial charge < -0.3 is 0 Å². The maximum Gasteiger partial charge on any atom is 0.0534 e. The van der Waals surface area contributed by atoms with E-state index in [1.165, 1.54) is 318 Å². The molecule has 150 heavy (non-hydrogen) atoms. The summed E-state index contributed by atoms with van der Waals surface area (Å²) >= 11 is 11.5. The molecule has 33 rings (SSSR count). The lowest BCUT2D eigenvalue weighted by atomic mass is 9.85. The van der Waals surface area contributed by atoms with Crippen molar-refractivity contribution in [3.8, 4) is 100 Å². The zero-order valence-corrected chi connectivity index (χ0v) is 85.8. The zero-order valence-electron chi connectivity index (χ0n) is 80.9. The van der Waals surface area contributed by atoms with Crippen molar-refractivity contribution in [2.24, 2.45) is 0 Å². The molecule has 6 heterocycles. The Balaban J connectivity index is 0.000000101. The molecule has 0 aliphatic carbocycles. The van der Waals surface area contributed by atoms with E-state index in [4.69, 9.17) is 0 Å². The SMILES string of the molecule is c1ccc(-c2c3ccccc3c(-c3cccc(-c4ccc5cc6c(cc5c4)sc4c6ccc5c6ccccc6sc54)c3)c3ccccc23)cc1.c1ccc(-c2c3ccccc3c(-c3cccc(-c4ccc5cc6c(cc5c4)sc4c6ccc5sc6ccccc6c54)c3)c3ccccc23)cc1.c1ccc(-c2c3ccccc3c(-c3cccc(-c4ccc5cc6c(cc5c4)sc4cc5sc7ccccc7c5cc46)c3)c3ccccc23)cc1. The lowest BCUT2D eigenvalue weighted by Gasteiger charge is -2.18. The third-order valence-electron chi connectivity index (χ3n) is 31.2. The second-order valence-electron chi connectivity index (χ2n) is 39.7. The summed E-state index contributed by atoms with van der Waals surface area (Å²) in [5.41, 5.74) is 22.6. The van der Waals surface area contributed by atoms with Crippen molar-refractivity contribution in [2.45, 2.75) is 0 Å². The van der Waals surface area contributed by atoms with Gasteiger partial charge in [-0.15, -0.1) is 68.0 Å². The molecule has 0 aliphatic heterocycles. The summed E-state index contributed by atoms with van der Waals surface area (Å²) in [4.78, 5) is 0. The number of benzene rings is 27. The van der Waals surface area contributed by atoms with Gasteiger partial charge in [-0.2, -0.15) is 0 Å². The smallest absolute Gasteiger partial charge is 0.0534 e. The fourth-order valence-corrected chi connectivity index (χ4v) is 31.9. The molecule has 33 aromatic rings. The van der Waals surface area contributed by atoms with Crippen molar-refractivity contribution in [3.63, 3.8) is 0 Å². The molecular formula is C144H84S6. The van der Waals surface area contributed by atoms with E-state index >= 15 is 0 Å². The summed E-state index contributed by atoms with van der Waals surface area (Å²) in [7, 11) is 0. The number of fused-ring (bicyclic) bond motifs is 29. The highest BCUT2D eigenvalue weighted by molar-refractivity contribution is 7.34. The minimum atomic E-state index is 1.23. The standard InChI is InChI=1S/3C48H28S2/c1-2-11-29(12-3-1)47-36-16-4-6-18-38(36)48(39-19-7-5-17-37(39)47)33-14-10-13-30(23-33)31-21-22-32-25-40-42-27-41-35-15-8-9-20-43(35)49-45(41)28-46(42)50-44(40)26-34(32)24-31;1-2-11-29(12-3-1)45-36-16-4-6-18-38(36)46(39-19-7-5-17-37(39)45)33-14-10-13-30(25-33)31-21-22-32-27-42-41-24-23-40-35-15-8-9-20-43(35)49-47(40)48(41)50-44(42)28-34(32)26-31;1-2-11-29(12-3-1)45-35-15-4-6-17-37(35)46(38-18-7-5-16-36(38)45)33-14-10-13-30(25-33)31-21-22-32-27-41-39-23-24-43-47(40-19-8-9-20-42(40)49-43)48(39)50-44(41)28-34(32)26-31/h3*1-28H. The molecule has 0 fully saturated rings. The monoisotopic (exact) mass is 2000 g/mol. The van der Waals surface area contributed by atoms with Gasteiger partial charge in [0.2, 0.25) is 0 Å². The van der Waals surface area contributed by atoms with Crippen LogP contribution in [0.5, 0.6) is 0 Å². The van der Waals surface area contributed by atoms with Crippen molar-refractivity contribution in [1.29, 1.82) is 0 Å².